The SMILES string of the molecule is COC1CCC(NCC#N)C1. The summed E-state index contributed by atoms with van der Waals surface area (Å²) in [6.07, 6.45) is 3.73. The Morgan fingerprint density at radius 1 is 1.64 bits per heavy atom. The standard InChI is InChI=1S/C8H14N2O/c1-11-8-3-2-7(6-8)10-5-4-9/h7-8,10H,2-3,5-6H2,1H3. The molecule has 0 heterocycles. The zero-order valence-electron chi connectivity index (χ0n) is 6.84. The van der Waals surface area contributed by atoms with Crippen molar-refractivity contribution < 1.29 is 4.74 Å². The summed E-state index contributed by atoms with van der Waals surface area (Å²) in [7, 11) is 1.75. The van der Waals surface area contributed by atoms with E-state index in [1.165, 1.54) is 0 Å². The van der Waals surface area contributed by atoms with Crippen LogP contribution in [0.3, 0.4) is 0 Å². The third kappa shape index (κ3) is 2.49. The van der Waals surface area contributed by atoms with Gasteiger partial charge < -0.3 is 10.1 Å². The molecule has 2 unspecified atom stereocenters. The number of ether oxygens (including phenoxy) is 1. The van der Waals surface area contributed by atoms with E-state index in [-0.39, 0.29) is 0 Å². The molecule has 0 aromatic rings. The Morgan fingerprint density at radius 3 is 3.00 bits per heavy atom. The minimum Gasteiger partial charge on any atom is -0.381 e. The molecule has 62 valence electrons. The van der Waals surface area contributed by atoms with Crippen molar-refractivity contribution in [3.63, 3.8) is 0 Å². The van der Waals surface area contributed by atoms with E-state index >= 15 is 0 Å². The maximum absolute atomic E-state index is 8.31. The Kier molecular flexibility index (Phi) is 3.34. The molecule has 1 aliphatic rings. The summed E-state index contributed by atoms with van der Waals surface area (Å²) >= 11 is 0. The molecule has 0 aromatic heterocycles. The first-order chi connectivity index (χ1) is 5.36. The van der Waals surface area contributed by atoms with E-state index in [0.717, 1.165) is 19.3 Å². The lowest BCUT2D eigenvalue weighted by molar-refractivity contribution is 0.107. The number of hydrogen-bond donors (Lipinski definition) is 1. The van der Waals surface area contributed by atoms with Gasteiger partial charge in [-0.05, 0) is 19.3 Å². The molecule has 11 heavy (non-hydrogen) atoms. The average Bonchev–Trinajstić information content (AvgIpc) is 2.48. The Bertz CT molecular complexity index is 153. The lowest BCUT2D eigenvalue weighted by atomic mass is 10.2. The summed E-state index contributed by atoms with van der Waals surface area (Å²) in [5.74, 6) is 0. The van der Waals surface area contributed by atoms with Gasteiger partial charge in [0.1, 0.15) is 0 Å². The van der Waals surface area contributed by atoms with Crippen LogP contribution in [0.25, 0.3) is 0 Å². The number of nitrogens with zero attached hydrogens (tertiary/aromatic N) is 1. The van der Waals surface area contributed by atoms with E-state index in [1.807, 2.05) is 0 Å². The van der Waals surface area contributed by atoms with Crippen molar-refractivity contribution >= 4 is 0 Å². The average molecular weight is 154 g/mol. The van der Waals surface area contributed by atoms with Crippen LogP contribution in [0.15, 0.2) is 0 Å². The van der Waals surface area contributed by atoms with Crippen molar-refractivity contribution in [1.82, 2.24) is 5.32 Å². The quantitative estimate of drug-likeness (QED) is 0.607. The van der Waals surface area contributed by atoms with Gasteiger partial charge in [0.2, 0.25) is 0 Å². The molecular formula is C8H14N2O. The van der Waals surface area contributed by atoms with Gasteiger partial charge in [0, 0.05) is 13.2 Å². The molecule has 0 saturated heterocycles. The fraction of sp³-hybridized carbons (Fsp3) is 0.875. The summed E-state index contributed by atoms with van der Waals surface area (Å²) in [6.45, 7) is 0.459. The molecule has 0 amide bonds. The fourth-order valence-corrected chi connectivity index (χ4v) is 1.53. The number of nitrogens with one attached hydrogen (secondary N) is 1. The van der Waals surface area contributed by atoms with Gasteiger partial charge in [0.05, 0.1) is 18.7 Å². The molecule has 0 bridgehead atoms. The first kappa shape index (κ1) is 8.51. The van der Waals surface area contributed by atoms with Crippen molar-refractivity contribution in [3.8, 4) is 6.07 Å². The summed E-state index contributed by atoms with van der Waals surface area (Å²) in [5.41, 5.74) is 0. The van der Waals surface area contributed by atoms with Gasteiger partial charge in [-0.15, -0.1) is 0 Å². The van der Waals surface area contributed by atoms with E-state index < -0.39 is 0 Å². The van der Waals surface area contributed by atoms with Gasteiger partial charge in [0.15, 0.2) is 0 Å². The molecule has 1 aliphatic carbocycles. The van der Waals surface area contributed by atoms with Crippen molar-refractivity contribution in [2.75, 3.05) is 13.7 Å². The maximum atomic E-state index is 8.31. The van der Waals surface area contributed by atoms with Crippen LogP contribution in [-0.2, 0) is 4.74 Å². The second-order valence-electron chi connectivity index (χ2n) is 2.91. The van der Waals surface area contributed by atoms with Crippen LogP contribution in [0.4, 0.5) is 0 Å². The summed E-state index contributed by atoms with van der Waals surface area (Å²) in [4.78, 5) is 0. The van der Waals surface area contributed by atoms with Crippen molar-refractivity contribution in [3.05, 3.63) is 0 Å². The molecule has 0 aliphatic heterocycles. The van der Waals surface area contributed by atoms with E-state index in [9.17, 15) is 0 Å². The Morgan fingerprint density at radius 2 is 2.45 bits per heavy atom. The van der Waals surface area contributed by atoms with Crippen LogP contribution in [0.5, 0.6) is 0 Å². The molecule has 1 fully saturated rings. The van der Waals surface area contributed by atoms with E-state index in [4.69, 9.17) is 10.00 Å². The van der Waals surface area contributed by atoms with E-state index in [0.29, 0.717) is 18.7 Å². The minimum atomic E-state index is 0.409. The molecule has 2 atom stereocenters. The first-order valence-corrected chi connectivity index (χ1v) is 4.00. The minimum absolute atomic E-state index is 0.409. The zero-order valence-corrected chi connectivity index (χ0v) is 6.84. The molecule has 1 rings (SSSR count). The summed E-state index contributed by atoms with van der Waals surface area (Å²) < 4.78 is 5.20. The first-order valence-electron chi connectivity index (χ1n) is 4.00. The predicted molar refractivity (Wildman–Crippen MR) is 42.1 cm³/mol. The monoisotopic (exact) mass is 154 g/mol. The molecule has 3 heteroatoms. The molecule has 1 saturated carbocycles. The molecule has 0 radical (unpaired) electrons. The Balaban J connectivity index is 2.15. The second-order valence-corrected chi connectivity index (χ2v) is 2.91. The highest BCUT2D eigenvalue weighted by Gasteiger charge is 2.23. The van der Waals surface area contributed by atoms with Gasteiger partial charge >= 0.3 is 0 Å². The number of rotatable bonds is 3. The van der Waals surface area contributed by atoms with Gasteiger partial charge in [-0.1, -0.05) is 0 Å². The van der Waals surface area contributed by atoms with Crippen LogP contribution < -0.4 is 5.32 Å². The molecule has 0 aromatic carbocycles. The number of hydrogen-bond acceptors (Lipinski definition) is 3. The summed E-state index contributed by atoms with van der Waals surface area (Å²) in [6, 6.07) is 2.58. The van der Waals surface area contributed by atoms with Crippen LogP contribution in [0, 0.1) is 11.3 Å². The topological polar surface area (TPSA) is 45.0 Å². The smallest absolute Gasteiger partial charge is 0.0843 e. The lowest BCUT2D eigenvalue weighted by Crippen LogP contribution is -2.27. The van der Waals surface area contributed by atoms with Crippen LogP contribution in [0.2, 0.25) is 0 Å². The summed E-state index contributed by atoms with van der Waals surface area (Å²) in [5, 5.41) is 11.5. The highest BCUT2D eigenvalue weighted by Crippen LogP contribution is 2.20. The number of nitriles is 1. The number of methoxy groups -OCH3 is 1. The van der Waals surface area contributed by atoms with Gasteiger partial charge in [0.25, 0.3) is 0 Å². The lowest BCUT2D eigenvalue weighted by Gasteiger charge is -2.09. The highest BCUT2D eigenvalue weighted by molar-refractivity contribution is 4.84. The normalized spacial score (nSPS) is 30.2. The predicted octanol–water partition coefficient (Wildman–Crippen LogP) is 0.667. The molecule has 0 spiro atoms. The van der Waals surface area contributed by atoms with Crippen LogP contribution >= 0.6 is 0 Å². The Labute approximate surface area is 67.3 Å². The Hall–Kier alpha value is -0.590. The maximum Gasteiger partial charge on any atom is 0.0843 e. The van der Waals surface area contributed by atoms with Gasteiger partial charge in [-0.3, -0.25) is 0 Å². The third-order valence-corrected chi connectivity index (χ3v) is 2.19. The highest BCUT2D eigenvalue weighted by atomic mass is 16.5. The van der Waals surface area contributed by atoms with E-state index in [1.54, 1.807) is 7.11 Å². The zero-order chi connectivity index (χ0) is 8.10. The van der Waals surface area contributed by atoms with E-state index in [2.05, 4.69) is 11.4 Å². The molecular weight excluding hydrogens is 140 g/mol. The largest absolute Gasteiger partial charge is 0.381 e. The van der Waals surface area contributed by atoms with Gasteiger partial charge in [-0.2, -0.15) is 5.26 Å². The fourth-order valence-electron chi connectivity index (χ4n) is 1.53. The van der Waals surface area contributed by atoms with Crippen molar-refractivity contribution in [1.29, 1.82) is 5.26 Å². The van der Waals surface area contributed by atoms with Crippen LogP contribution in [0.1, 0.15) is 19.3 Å². The van der Waals surface area contributed by atoms with Gasteiger partial charge in [-0.25, -0.2) is 0 Å². The van der Waals surface area contributed by atoms with Crippen LogP contribution in [-0.4, -0.2) is 25.8 Å². The third-order valence-electron chi connectivity index (χ3n) is 2.19. The van der Waals surface area contributed by atoms with Crippen molar-refractivity contribution in [2.24, 2.45) is 0 Å². The van der Waals surface area contributed by atoms with Crippen molar-refractivity contribution in [2.45, 2.75) is 31.4 Å². The molecule has 3 nitrogen and oxygen atoms in total. The molecule has 1 N–H and O–H groups in total. The second kappa shape index (κ2) is 4.32.